The van der Waals surface area contributed by atoms with Gasteiger partial charge in [-0.2, -0.15) is 0 Å². The molecular weight excluding hydrogens is 84.0 g/mol. The third-order valence-corrected chi connectivity index (χ3v) is 0.338. The van der Waals surface area contributed by atoms with Crippen LogP contribution in [0.3, 0.4) is 0 Å². The van der Waals surface area contributed by atoms with Gasteiger partial charge in [0.1, 0.15) is 0 Å². The van der Waals surface area contributed by atoms with Gasteiger partial charge in [0.05, 0.1) is 0 Å². The second-order valence-electron chi connectivity index (χ2n) is 0.730. The molecule has 1 aromatic heterocycles. The number of hydrogen-bond donors (Lipinski definition) is 1. The van der Waals surface area contributed by atoms with Crippen LogP contribution < -0.4 is 0 Å². The van der Waals surface area contributed by atoms with Crippen molar-refractivity contribution in [3.8, 4) is 0 Å². The minimum atomic E-state index is 0.528. The molecule has 1 rings (SSSR count). The summed E-state index contributed by atoms with van der Waals surface area (Å²) in [6.45, 7) is 0. The summed E-state index contributed by atoms with van der Waals surface area (Å²) in [4.78, 5) is 0.528. The summed E-state index contributed by atoms with van der Waals surface area (Å²) >= 11 is 0. The minimum absolute atomic E-state index is 0.528. The summed E-state index contributed by atoms with van der Waals surface area (Å²) in [6, 6.07) is 0. The van der Waals surface area contributed by atoms with E-state index in [0.29, 0.717) is 4.85 Å². The van der Waals surface area contributed by atoms with Gasteiger partial charge in [0.25, 0.3) is 0 Å². The van der Waals surface area contributed by atoms with Crippen LogP contribution >= 0.6 is 0 Å². The van der Waals surface area contributed by atoms with Crippen LogP contribution in [0.2, 0.25) is 0 Å². The van der Waals surface area contributed by atoms with Gasteiger partial charge in [0, 0.05) is 0 Å². The fraction of sp³-hybridized carbons (Fsp3) is 0. The van der Waals surface area contributed by atoms with Crippen LogP contribution in [0.5, 0.6) is 0 Å². The van der Waals surface area contributed by atoms with Gasteiger partial charge in [0.15, 0.2) is 6.33 Å². The van der Waals surface area contributed by atoms with E-state index in [0.717, 1.165) is 6.33 Å². The van der Waals surface area contributed by atoms with Gasteiger partial charge in [-0.15, -0.1) is 5.10 Å². The summed E-state index contributed by atoms with van der Waals surface area (Å²) in [6.07, 6.45) is 1.08. The molecule has 0 amide bonds. The van der Waals surface area contributed by atoms with Crippen molar-refractivity contribution < 1.29 is 5.21 Å². The van der Waals surface area contributed by atoms with E-state index in [1.54, 1.807) is 0 Å². The molecule has 0 unspecified atom stereocenters. The zero-order chi connectivity index (χ0) is 4.41. The first-order chi connectivity index (χ1) is 2.89. The van der Waals surface area contributed by atoms with Crippen molar-refractivity contribution in [1.29, 1.82) is 0 Å². The lowest BCUT2D eigenvalue weighted by Gasteiger charge is -1.71. The first-order valence-corrected chi connectivity index (χ1v) is 1.32. The molecular formula is CH2N4O. The highest BCUT2D eigenvalue weighted by molar-refractivity contribution is 4.30. The Bertz CT molecular complexity index is 111. The first kappa shape index (κ1) is 3.08. The predicted octanol–water partition coefficient (Wildman–Crippen LogP) is -1.09. The Morgan fingerprint density at radius 1 is 1.67 bits per heavy atom. The summed E-state index contributed by atoms with van der Waals surface area (Å²) < 4.78 is 0. The van der Waals surface area contributed by atoms with E-state index >= 15 is 0 Å². The van der Waals surface area contributed by atoms with Crippen molar-refractivity contribution >= 4 is 0 Å². The second kappa shape index (κ2) is 0.925. The number of nitrogens with zero attached hydrogens (tertiary/aromatic N) is 4. The Labute approximate surface area is 33.2 Å². The van der Waals surface area contributed by atoms with Gasteiger partial charge >= 0.3 is 0 Å². The monoisotopic (exact) mass is 86.0 g/mol. The summed E-state index contributed by atoms with van der Waals surface area (Å²) in [5.41, 5.74) is 0. The maximum Gasteiger partial charge on any atom is 0.179 e. The highest BCUT2D eigenvalue weighted by Crippen LogP contribution is 1.57. The van der Waals surface area contributed by atoms with Crippen LogP contribution in [0.15, 0.2) is 6.33 Å². The molecule has 5 heteroatoms. The van der Waals surface area contributed by atoms with E-state index in [-0.39, 0.29) is 0 Å². The normalized spacial score (nSPS) is 8.67. The average molecular weight is 86.1 g/mol. The number of rotatable bonds is 0. The molecule has 1 aromatic rings. The zero-order valence-electron chi connectivity index (χ0n) is 2.81. The van der Waals surface area contributed by atoms with Crippen LogP contribution in [0.4, 0.5) is 0 Å². The van der Waals surface area contributed by atoms with Crippen molar-refractivity contribution in [2.75, 3.05) is 0 Å². The lowest BCUT2D eigenvalue weighted by molar-refractivity contribution is 0.142. The number of hydrogen-bond acceptors (Lipinski definition) is 4. The van der Waals surface area contributed by atoms with E-state index in [2.05, 4.69) is 15.5 Å². The summed E-state index contributed by atoms with van der Waals surface area (Å²) in [5, 5.41) is 17.4. The Hall–Kier alpha value is -1.13. The van der Waals surface area contributed by atoms with Crippen molar-refractivity contribution in [1.82, 2.24) is 20.4 Å². The Morgan fingerprint density at radius 3 is 2.67 bits per heavy atom. The molecule has 6 heavy (non-hydrogen) atoms. The Balaban J connectivity index is 3.05. The molecule has 0 aromatic carbocycles. The summed E-state index contributed by atoms with van der Waals surface area (Å²) in [7, 11) is 0. The average Bonchev–Trinajstić information content (AvgIpc) is 1.86. The fourth-order valence-corrected chi connectivity index (χ4v) is 0.156. The maximum atomic E-state index is 8.15. The minimum Gasteiger partial charge on any atom is -0.409 e. The van der Waals surface area contributed by atoms with Gasteiger partial charge in [0.2, 0.25) is 0 Å². The highest BCUT2D eigenvalue weighted by Gasteiger charge is 1.75. The van der Waals surface area contributed by atoms with Gasteiger partial charge in [-0.25, -0.2) is 0 Å². The van der Waals surface area contributed by atoms with Gasteiger partial charge in [-0.3, -0.25) is 0 Å². The highest BCUT2D eigenvalue weighted by atomic mass is 16.5. The van der Waals surface area contributed by atoms with E-state index < -0.39 is 0 Å². The molecule has 0 aliphatic carbocycles. The van der Waals surface area contributed by atoms with Gasteiger partial charge < -0.3 is 5.21 Å². The largest absolute Gasteiger partial charge is 0.409 e. The van der Waals surface area contributed by atoms with E-state index in [4.69, 9.17) is 5.21 Å². The molecule has 0 atom stereocenters. The molecule has 0 fully saturated rings. The van der Waals surface area contributed by atoms with Crippen molar-refractivity contribution in [3.63, 3.8) is 0 Å². The molecule has 0 aliphatic heterocycles. The molecule has 0 radical (unpaired) electrons. The van der Waals surface area contributed by atoms with Crippen molar-refractivity contribution in [2.45, 2.75) is 0 Å². The summed E-state index contributed by atoms with van der Waals surface area (Å²) in [5.74, 6) is 0. The standard InChI is InChI=1S/CH2N4O/c6-5-1-2-3-4-5/h1,6H. The topological polar surface area (TPSA) is 63.8 Å². The molecule has 0 saturated heterocycles. The molecule has 0 saturated carbocycles. The van der Waals surface area contributed by atoms with E-state index in [9.17, 15) is 0 Å². The van der Waals surface area contributed by atoms with Crippen LogP contribution in [-0.4, -0.2) is 25.6 Å². The molecule has 0 spiro atoms. The van der Waals surface area contributed by atoms with Crippen LogP contribution in [0.1, 0.15) is 0 Å². The van der Waals surface area contributed by atoms with Crippen LogP contribution in [0.25, 0.3) is 0 Å². The Kier molecular flexibility index (Phi) is 0.474. The van der Waals surface area contributed by atoms with Gasteiger partial charge in [-0.05, 0) is 10.4 Å². The van der Waals surface area contributed by atoms with Crippen LogP contribution in [0, 0.1) is 0 Å². The predicted molar refractivity (Wildman–Crippen MR) is 15.0 cm³/mol. The van der Waals surface area contributed by atoms with Crippen molar-refractivity contribution in [3.05, 3.63) is 6.33 Å². The lowest BCUT2D eigenvalue weighted by Crippen LogP contribution is -1.88. The maximum absolute atomic E-state index is 8.15. The fourth-order valence-electron chi connectivity index (χ4n) is 0.156. The zero-order valence-corrected chi connectivity index (χ0v) is 2.81. The van der Waals surface area contributed by atoms with E-state index in [1.165, 1.54) is 0 Å². The van der Waals surface area contributed by atoms with E-state index in [1.807, 2.05) is 0 Å². The molecule has 0 aliphatic rings. The SMILES string of the molecule is On1cnnn1. The second-order valence-corrected chi connectivity index (χ2v) is 0.730. The molecule has 5 nitrogen and oxygen atoms in total. The Morgan fingerprint density at radius 2 is 2.50 bits per heavy atom. The van der Waals surface area contributed by atoms with Crippen LogP contribution in [-0.2, 0) is 0 Å². The molecule has 32 valence electrons. The smallest absolute Gasteiger partial charge is 0.179 e. The quantitative estimate of drug-likeness (QED) is 0.407. The van der Waals surface area contributed by atoms with Crippen molar-refractivity contribution in [2.24, 2.45) is 0 Å². The lowest BCUT2D eigenvalue weighted by atomic mass is 11.4. The third-order valence-electron chi connectivity index (χ3n) is 0.338. The first-order valence-electron chi connectivity index (χ1n) is 1.32. The number of aromatic nitrogens is 4. The molecule has 0 bridgehead atoms. The van der Waals surface area contributed by atoms with Gasteiger partial charge in [-0.1, -0.05) is 4.85 Å². The number of tetrazole rings is 1. The molecule has 1 N–H and O–H groups in total. The third kappa shape index (κ3) is 0.291. The molecule has 1 heterocycles.